The first-order valence-corrected chi connectivity index (χ1v) is 8.47. The second-order valence-electron chi connectivity index (χ2n) is 5.28. The van der Waals surface area contributed by atoms with E-state index in [4.69, 9.17) is 0 Å². The Kier molecular flexibility index (Phi) is 5.56. The van der Waals surface area contributed by atoms with Crippen LogP contribution in [-0.4, -0.2) is 67.9 Å². The molecule has 2 aliphatic heterocycles. The summed E-state index contributed by atoms with van der Waals surface area (Å²) in [5.74, 6) is 0. The molecule has 0 saturated carbocycles. The summed E-state index contributed by atoms with van der Waals surface area (Å²) in [6.45, 7) is 4.84. The monoisotopic (exact) mass is 332 g/mol. The zero-order chi connectivity index (χ0) is 14.0. The Morgan fingerprint density at radius 3 is 2.57 bits per heavy atom. The third-order valence-corrected chi connectivity index (χ3v) is 5.98. The summed E-state index contributed by atoms with van der Waals surface area (Å²) in [7, 11) is -3.38. The Bertz CT molecular complexity index is 541. The SMILES string of the molecule is Cl.O=S(=O)(c1cccnc1)N1CCN(C2CCNC2)CC1. The van der Waals surface area contributed by atoms with Gasteiger partial charge in [-0.3, -0.25) is 9.88 Å². The van der Waals surface area contributed by atoms with Gasteiger partial charge in [0.25, 0.3) is 0 Å². The molecule has 2 fully saturated rings. The number of piperazine rings is 1. The van der Waals surface area contributed by atoms with E-state index in [0.29, 0.717) is 19.1 Å². The molecule has 6 nitrogen and oxygen atoms in total. The van der Waals surface area contributed by atoms with E-state index in [9.17, 15) is 8.42 Å². The molecule has 2 aliphatic rings. The highest BCUT2D eigenvalue weighted by Gasteiger charge is 2.31. The molecule has 1 aromatic rings. The van der Waals surface area contributed by atoms with Crippen LogP contribution in [0.25, 0.3) is 0 Å². The number of pyridine rings is 1. The lowest BCUT2D eigenvalue weighted by Gasteiger charge is -2.37. The van der Waals surface area contributed by atoms with Crippen molar-refractivity contribution >= 4 is 22.4 Å². The number of hydrogen-bond donors (Lipinski definition) is 1. The lowest BCUT2D eigenvalue weighted by molar-refractivity contribution is 0.145. The van der Waals surface area contributed by atoms with Crippen LogP contribution >= 0.6 is 12.4 Å². The standard InChI is InChI=1S/C13H20N4O2S.ClH/c18-20(19,13-2-1-4-14-11-13)17-8-6-16(7-9-17)12-3-5-15-10-12;/h1-2,4,11-12,15H,3,5-10H2;1H. The number of rotatable bonds is 3. The highest BCUT2D eigenvalue weighted by atomic mass is 35.5. The van der Waals surface area contributed by atoms with Crippen molar-refractivity contribution in [2.24, 2.45) is 0 Å². The minimum absolute atomic E-state index is 0. The predicted octanol–water partition coefficient (Wildman–Crippen LogP) is 0.172. The van der Waals surface area contributed by atoms with E-state index in [1.807, 2.05) is 0 Å². The molecule has 0 radical (unpaired) electrons. The van der Waals surface area contributed by atoms with Gasteiger partial charge in [-0.1, -0.05) is 0 Å². The molecule has 0 aliphatic carbocycles. The lowest BCUT2D eigenvalue weighted by Crippen LogP contribution is -2.52. The van der Waals surface area contributed by atoms with Gasteiger partial charge >= 0.3 is 0 Å². The maximum atomic E-state index is 12.5. The van der Waals surface area contributed by atoms with E-state index in [1.54, 1.807) is 22.6 Å². The fraction of sp³-hybridized carbons (Fsp3) is 0.615. The predicted molar refractivity (Wildman–Crippen MR) is 83.1 cm³/mol. The van der Waals surface area contributed by atoms with Gasteiger partial charge in [-0.2, -0.15) is 4.31 Å². The fourth-order valence-corrected chi connectivity index (χ4v) is 4.30. The molecule has 0 bridgehead atoms. The van der Waals surface area contributed by atoms with Crippen LogP contribution < -0.4 is 5.32 Å². The van der Waals surface area contributed by atoms with Crippen LogP contribution in [0.2, 0.25) is 0 Å². The Labute approximate surface area is 132 Å². The van der Waals surface area contributed by atoms with Crippen LogP contribution in [0, 0.1) is 0 Å². The topological polar surface area (TPSA) is 65.5 Å². The van der Waals surface area contributed by atoms with Crippen molar-refractivity contribution in [2.45, 2.75) is 17.4 Å². The van der Waals surface area contributed by atoms with Crippen LogP contribution in [0.3, 0.4) is 0 Å². The molecule has 1 N–H and O–H groups in total. The molecule has 2 saturated heterocycles. The number of nitrogens with zero attached hydrogens (tertiary/aromatic N) is 3. The highest BCUT2D eigenvalue weighted by molar-refractivity contribution is 7.89. The van der Waals surface area contributed by atoms with Crippen molar-refractivity contribution < 1.29 is 8.42 Å². The summed E-state index contributed by atoms with van der Waals surface area (Å²) >= 11 is 0. The molecule has 3 rings (SSSR count). The van der Waals surface area contributed by atoms with Gasteiger partial charge < -0.3 is 5.32 Å². The highest BCUT2D eigenvalue weighted by Crippen LogP contribution is 2.18. The summed E-state index contributed by atoms with van der Waals surface area (Å²) in [6.07, 6.45) is 4.17. The summed E-state index contributed by atoms with van der Waals surface area (Å²) in [6, 6.07) is 3.83. The number of nitrogens with one attached hydrogen (secondary N) is 1. The van der Waals surface area contributed by atoms with Crippen molar-refractivity contribution in [3.8, 4) is 0 Å². The zero-order valence-electron chi connectivity index (χ0n) is 11.8. The van der Waals surface area contributed by atoms with Crippen molar-refractivity contribution in [2.75, 3.05) is 39.3 Å². The van der Waals surface area contributed by atoms with Crippen LogP contribution in [0.5, 0.6) is 0 Å². The normalized spacial score (nSPS) is 24.7. The number of sulfonamides is 1. The molecule has 0 amide bonds. The van der Waals surface area contributed by atoms with Crippen LogP contribution in [0.4, 0.5) is 0 Å². The molecule has 8 heteroatoms. The second kappa shape index (κ2) is 7.02. The summed E-state index contributed by atoms with van der Waals surface area (Å²) in [5.41, 5.74) is 0. The van der Waals surface area contributed by atoms with Crippen molar-refractivity contribution in [1.82, 2.24) is 19.5 Å². The van der Waals surface area contributed by atoms with Gasteiger partial charge in [0.1, 0.15) is 4.90 Å². The fourth-order valence-electron chi connectivity index (χ4n) is 2.91. The third kappa shape index (κ3) is 3.54. The molecule has 118 valence electrons. The second-order valence-corrected chi connectivity index (χ2v) is 7.21. The molecule has 0 aromatic carbocycles. The molecular formula is C13H21ClN4O2S. The van der Waals surface area contributed by atoms with E-state index < -0.39 is 10.0 Å². The Morgan fingerprint density at radius 2 is 2.00 bits per heavy atom. The first-order chi connectivity index (χ1) is 9.68. The Balaban J connectivity index is 0.00000161. The summed E-state index contributed by atoms with van der Waals surface area (Å²) in [5, 5.41) is 3.36. The van der Waals surface area contributed by atoms with Gasteiger partial charge in [0.15, 0.2) is 0 Å². The molecule has 3 heterocycles. The van der Waals surface area contributed by atoms with E-state index >= 15 is 0 Å². The van der Waals surface area contributed by atoms with Gasteiger partial charge in [-0.15, -0.1) is 12.4 Å². The largest absolute Gasteiger partial charge is 0.315 e. The maximum Gasteiger partial charge on any atom is 0.244 e. The van der Waals surface area contributed by atoms with E-state index in [1.165, 1.54) is 6.20 Å². The number of hydrogen-bond acceptors (Lipinski definition) is 5. The minimum Gasteiger partial charge on any atom is -0.315 e. The molecule has 1 unspecified atom stereocenters. The van der Waals surface area contributed by atoms with Crippen LogP contribution in [-0.2, 0) is 10.0 Å². The quantitative estimate of drug-likeness (QED) is 0.855. The molecule has 0 spiro atoms. The van der Waals surface area contributed by atoms with Gasteiger partial charge in [0.2, 0.25) is 10.0 Å². The summed E-state index contributed by atoms with van der Waals surface area (Å²) < 4.78 is 26.5. The number of aromatic nitrogens is 1. The number of halogens is 1. The minimum atomic E-state index is -3.38. The van der Waals surface area contributed by atoms with Gasteiger partial charge in [-0.25, -0.2) is 8.42 Å². The van der Waals surface area contributed by atoms with E-state index in [-0.39, 0.29) is 17.3 Å². The lowest BCUT2D eigenvalue weighted by atomic mass is 10.2. The first kappa shape index (κ1) is 16.6. The van der Waals surface area contributed by atoms with Crippen LogP contribution in [0.1, 0.15) is 6.42 Å². The Morgan fingerprint density at radius 1 is 1.24 bits per heavy atom. The molecule has 1 aromatic heterocycles. The van der Waals surface area contributed by atoms with E-state index in [0.717, 1.165) is 32.6 Å². The molecular weight excluding hydrogens is 312 g/mol. The van der Waals surface area contributed by atoms with Crippen molar-refractivity contribution in [3.05, 3.63) is 24.5 Å². The van der Waals surface area contributed by atoms with E-state index in [2.05, 4.69) is 15.2 Å². The average molecular weight is 333 g/mol. The molecule has 1 atom stereocenters. The van der Waals surface area contributed by atoms with Crippen molar-refractivity contribution in [3.63, 3.8) is 0 Å². The zero-order valence-corrected chi connectivity index (χ0v) is 13.4. The molecule has 21 heavy (non-hydrogen) atoms. The average Bonchev–Trinajstić information content (AvgIpc) is 3.02. The van der Waals surface area contributed by atoms with Gasteiger partial charge in [-0.05, 0) is 25.1 Å². The maximum absolute atomic E-state index is 12.5. The first-order valence-electron chi connectivity index (χ1n) is 7.03. The summed E-state index contributed by atoms with van der Waals surface area (Å²) in [4.78, 5) is 6.59. The smallest absolute Gasteiger partial charge is 0.244 e. The van der Waals surface area contributed by atoms with Gasteiger partial charge in [0.05, 0.1) is 0 Å². The van der Waals surface area contributed by atoms with Crippen molar-refractivity contribution in [1.29, 1.82) is 0 Å². The van der Waals surface area contributed by atoms with Crippen LogP contribution in [0.15, 0.2) is 29.4 Å². The van der Waals surface area contributed by atoms with Gasteiger partial charge in [0, 0.05) is 51.2 Å². The third-order valence-electron chi connectivity index (χ3n) is 4.10. The Hall–Kier alpha value is -0.730.